The van der Waals surface area contributed by atoms with Crippen molar-refractivity contribution in [3.05, 3.63) is 48.4 Å². The highest BCUT2D eigenvalue weighted by molar-refractivity contribution is 7.92. The van der Waals surface area contributed by atoms with E-state index in [-0.39, 0.29) is 16.1 Å². The molecule has 29 heavy (non-hydrogen) atoms. The summed E-state index contributed by atoms with van der Waals surface area (Å²) >= 11 is 0. The van der Waals surface area contributed by atoms with Gasteiger partial charge in [0.05, 0.1) is 30.4 Å². The molecule has 0 fully saturated rings. The molecule has 1 N–H and O–H groups in total. The van der Waals surface area contributed by atoms with E-state index in [0.29, 0.717) is 28.6 Å². The minimum Gasteiger partial charge on any atom is -0.496 e. The van der Waals surface area contributed by atoms with E-state index in [1.54, 1.807) is 30.3 Å². The van der Waals surface area contributed by atoms with Gasteiger partial charge in [-0.3, -0.25) is 4.72 Å². The van der Waals surface area contributed by atoms with Gasteiger partial charge < -0.3 is 14.0 Å². The second kappa shape index (κ2) is 7.75. The molecule has 0 aliphatic heterocycles. The number of rotatable bonds is 6. The highest BCUT2D eigenvalue weighted by Crippen LogP contribution is 2.33. The fourth-order valence-corrected chi connectivity index (χ4v) is 3.70. The van der Waals surface area contributed by atoms with Gasteiger partial charge in [0.2, 0.25) is 11.7 Å². The predicted octanol–water partition coefficient (Wildman–Crippen LogP) is 3.85. The summed E-state index contributed by atoms with van der Waals surface area (Å²) < 4.78 is 44.3. The fraction of sp³-hybridized carbons (Fsp3) is 0.300. The lowest BCUT2D eigenvalue weighted by Gasteiger charge is -2.13. The Bertz CT molecular complexity index is 1120. The zero-order valence-electron chi connectivity index (χ0n) is 16.9. The van der Waals surface area contributed by atoms with Gasteiger partial charge in [0.25, 0.3) is 10.0 Å². The molecule has 0 saturated heterocycles. The highest BCUT2D eigenvalue weighted by atomic mass is 32.2. The zero-order chi connectivity index (χ0) is 21.2. The van der Waals surface area contributed by atoms with Crippen molar-refractivity contribution in [3.8, 4) is 22.9 Å². The van der Waals surface area contributed by atoms with Crippen LogP contribution in [-0.2, 0) is 15.4 Å². The topological polar surface area (TPSA) is 104 Å². The molecule has 9 heteroatoms. The SMILES string of the molecule is COc1ccccc1NS(=O)(=O)c1ccc(OC)c(-c2noc(C(C)(C)C)n2)c1. The van der Waals surface area contributed by atoms with Gasteiger partial charge >= 0.3 is 0 Å². The van der Waals surface area contributed by atoms with Crippen LogP contribution in [0.5, 0.6) is 11.5 Å². The van der Waals surface area contributed by atoms with Crippen molar-refractivity contribution in [2.45, 2.75) is 31.1 Å². The Morgan fingerprint density at radius 1 is 1.00 bits per heavy atom. The summed E-state index contributed by atoms with van der Waals surface area (Å²) in [6.07, 6.45) is 0. The van der Waals surface area contributed by atoms with Gasteiger partial charge in [-0.25, -0.2) is 8.42 Å². The summed E-state index contributed by atoms with van der Waals surface area (Å²) in [5.74, 6) is 1.54. The predicted molar refractivity (Wildman–Crippen MR) is 109 cm³/mol. The van der Waals surface area contributed by atoms with Crippen molar-refractivity contribution in [2.24, 2.45) is 0 Å². The van der Waals surface area contributed by atoms with E-state index in [2.05, 4.69) is 14.9 Å². The van der Waals surface area contributed by atoms with Crippen LogP contribution in [0, 0.1) is 0 Å². The van der Waals surface area contributed by atoms with Crippen molar-refractivity contribution in [1.29, 1.82) is 0 Å². The van der Waals surface area contributed by atoms with Gasteiger partial charge in [0, 0.05) is 5.41 Å². The van der Waals surface area contributed by atoms with Crippen molar-refractivity contribution < 1.29 is 22.4 Å². The van der Waals surface area contributed by atoms with Gasteiger partial charge in [0.15, 0.2) is 0 Å². The summed E-state index contributed by atoms with van der Waals surface area (Å²) in [6, 6.07) is 11.2. The molecular formula is C20H23N3O5S. The molecule has 0 spiro atoms. The van der Waals surface area contributed by atoms with Gasteiger partial charge in [-0.15, -0.1) is 0 Å². The molecule has 8 nitrogen and oxygen atoms in total. The second-order valence-corrected chi connectivity index (χ2v) is 9.02. The van der Waals surface area contributed by atoms with Crippen LogP contribution < -0.4 is 14.2 Å². The van der Waals surface area contributed by atoms with Crippen molar-refractivity contribution >= 4 is 15.7 Å². The van der Waals surface area contributed by atoms with Crippen LogP contribution in [-0.4, -0.2) is 32.8 Å². The molecule has 0 saturated carbocycles. The maximum absolute atomic E-state index is 12.9. The standard InChI is InChI=1S/C20H23N3O5S/c1-20(2,3)19-21-18(22-28-19)14-12-13(10-11-16(14)26-4)29(24,25)23-15-8-6-7-9-17(15)27-5/h6-12,23H,1-5H3. The Morgan fingerprint density at radius 3 is 2.31 bits per heavy atom. The summed E-state index contributed by atoms with van der Waals surface area (Å²) in [5, 5.41) is 3.99. The Labute approximate surface area is 169 Å². The Balaban J connectivity index is 2.03. The molecule has 1 aromatic heterocycles. The average molecular weight is 417 g/mol. The zero-order valence-corrected chi connectivity index (χ0v) is 17.7. The first-order valence-electron chi connectivity index (χ1n) is 8.84. The third-order valence-electron chi connectivity index (χ3n) is 4.14. The molecule has 3 rings (SSSR count). The van der Waals surface area contributed by atoms with Gasteiger partial charge in [-0.1, -0.05) is 38.1 Å². The quantitative estimate of drug-likeness (QED) is 0.649. The van der Waals surface area contributed by atoms with Crippen LogP contribution in [0.1, 0.15) is 26.7 Å². The highest BCUT2D eigenvalue weighted by Gasteiger charge is 2.25. The smallest absolute Gasteiger partial charge is 0.262 e. The number of para-hydroxylation sites is 2. The lowest BCUT2D eigenvalue weighted by Crippen LogP contribution is -2.14. The number of anilines is 1. The van der Waals surface area contributed by atoms with Crippen LogP contribution in [0.15, 0.2) is 51.9 Å². The summed E-state index contributed by atoms with van der Waals surface area (Å²) in [6.45, 7) is 5.83. The summed E-state index contributed by atoms with van der Waals surface area (Å²) in [4.78, 5) is 4.43. The van der Waals surface area contributed by atoms with Gasteiger partial charge in [-0.05, 0) is 30.3 Å². The maximum Gasteiger partial charge on any atom is 0.262 e. The Hall–Kier alpha value is -3.07. The number of ether oxygens (including phenoxy) is 2. The molecule has 0 aliphatic carbocycles. The number of aromatic nitrogens is 2. The molecule has 0 atom stereocenters. The molecule has 0 unspecified atom stereocenters. The van der Waals surface area contributed by atoms with E-state index in [1.807, 2.05) is 20.8 Å². The first-order valence-corrected chi connectivity index (χ1v) is 10.3. The molecule has 3 aromatic rings. The third-order valence-corrected chi connectivity index (χ3v) is 5.50. The Kier molecular flexibility index (Phi) is 5.52. The first kappa shape index (κ1) is 20.7. The van der Waals surface area contributed by atoms with Crippen LogP contribution in [0.2, 0.25) is 0 Å². The molecule has 154 valence electrons. The van der Waals surface area contributed by atoms with Crippen LogP contribution in [0.4, 0.5) is 5.69 Å². The molecule has 0 amide bonds. The molecule has 0 aliphatic rings. The number of nitrogens with zero attached hydrogens (tertiary/aromatic N) is 2. The third kappa shape index (κ3) is 4.34. The molecule has 1 heterocycles. The van der Waals surface area contributed by atoms with E-state index >= 15 is 0 Å². The summed E-state index contributed by atoms with van der Waals surface area (Å²) in [5.41, 5.74) is 0.407. The molecule has 0 bridgehead atoms. The number of nitrogens with one attached hydrogen (secondary N) is 1. The van der Waals surface area contributed by atoms with E-state index < -0.39 is 10.0 Å². The minimum atomic E-state index is -3.89. The minimum absolute atomic E-state index is 0.0290. The largest absolute Gasteiger partial charge is 0.496 e. The van der Waals surface area contributed by atoms with E-state index in [1.165, 1.54) is 26.4 Å². The second-order valence-electron chi connectivity index (χ2n) is 7.34. The van der Waals surface area contributed by atoms with Crippen LogP contribution in [0.25, 0.3) is 11.4 Å². The summed E-state index contributed by atoms with van der Waals surface area (Å²) in [7, 11) is -0.930. The van der Waals surface area contributed by atoms with E-state index in [0.717, 1.165) is 0 Å². The average Bonchev–Trinajstić information content (AvgIpc) is 3.18. The normalized spacial score (nSPS) is 11.9. The number of benzene rings is 2. The molecule has 0 radical (unpaired) electrons. The fourth-order valence-electron chi connectivity index (χ4n) is 2.60. The van der Waals surface area contributed by atoms with E-state index in [9.17, 15) is 8.42 Å². The van der Waals surface area contributed by atoms with E-state index in [4.69, 9.17) is 14.0 Å². The number of sulfonamides is 1. The lowest BCUT2D eigenvalue weighted by atomic mass is 9.97. The molecular weight excluding hydrogens is 394 g/mol. The maximum atomic E-state index is 12.9. The number of hydrogen-bond acceptors (Lipinski definition) is 7. The number of methoxy groups -OCH3 is 2. The lowest BCUT2D eigenvalue weighted by molar-refractivity contribution is 0.321. The number of hydrogen-bond donors (Lipinski definition) is 1. The van der Waals surface area contributed by atoms with Crippen LogP contribution >= 0.6 is 0 Å². The van der Waals surface area contributed by atoms with Gasteiger partial charge in [0.1, 0.15) is 11.5 Å². The van der Waals surface area contributed by atoms with Crippen molar-refractivity contribution in [1.82, 2.24) is 10.1 Å². The van der Waals surface area contributed by atoms with Crippen molar-refractivity contribution in [3.63, 3.8) is 0 Å². The Morgan fingerprint density at radius 2 is 1.69 bits per heavy atom. The van der Waals surface area contributed by atoms with Gasteiger partial charge in [-0.2, -0.15) is 4.98 Å². The van der Waals surface area contributed by atoms with Crippen molar-refractivity contribution in [2.75, 3.05) is 18.9 Å². The first-order chi connectivity index (χ1) is 13.7. The van der Waals surface area contributed by atoms with Crippen LogP contribution in [0.3, 0.4) is 0 Å². The monoisotopic (exact) mass is 417 g/mol. The molecule has 2 aromatic carbocycles.